The third-order valence-corrected chi connectivity index (χ3v) is 7.23. The van der Waals surface area contributed by atoms with E-state index in [0.29, 0.717) is 12.4 Å². The summed E-state index contributed by atoms with van der Waals surface area (Å²) in [7, 11) is 2.01. The number of rotatable bonds is 9. The van der Waals surface area contributed by atoms with Crippen molar-refractivity contribution in [1.82, 2.24) is 19.4 Å². The number of pyridine rings is 3. The summed E-state index contributed by atoms with van der Waals surface area (Å²) >= 11 is 0. The molecule has 1 aliphatic heterocycles. The van der Waals surface area contributed by atoms with Crippen molar-refractivity contribution in [2.75, 3.05) is 31.2 Å². The maximum absolute atomic E-state index is 13.5. The van der Waals surface area contributed by atoms with Gasteiger partial charge in [0.15, 0.2) is 5.43 Å². The van der Waals surface area contributed by atoms with Crippen LogP contribution in [0.4, 0.5) is 5.69 Å². The van der Waals surface area contributed by atoms with Gasteiger partial charge in [0.05, 0.1) is 24.0 Å². The van der Waals surface area contributed by atoms with Crippen molar-refractivity contribution in [2.45, 2.75) is 38.9 Å². The molecule has 3 aromatic heterocycles. The minimum atomic E-state index is -0.0373. The number of fused-ring (bicyclic) bond motifs is 1. The molecule has 1 aliphatic rings. The van der Waals surface area contributed by atoms with Crippen LogP contribution in [0.3, 0.4) is 0 Å². The number of ether oxygens (including phenoxy) is 1. The minimum Gasteiger partial charge on any atom is -0.475 e. The van der Waals surface area contributed by atoms with E-state index < -0.39 is 0 Å². The normalized spacial score (nSPS) is 15.8. The van der Waals surface area contributed by atoms with Gasteiger partial charge in [0.2, 0.25) is 5.88 Å². The summed E-state index contributed by atoms with van der Waals surface area (Å²) < 4.78 is 7.48. The van der Waals surface area contributed by atoms with Crippen molar-refractivity contribution in [1.29, 1.82) is 0 Å². The van der Waals surface area contributed by atoms with Crippen LogP contribution in [-0.2, 0) is 20.1 Å². The Morgan fingerprint density at radius 2 is 2.00 bits per heavy atom. The molecule has 1 fully saturated rings. The zero-order chi connectivity index (χ0) is 26.5. The molecule has 4 aromatic rings. The molecule has 0 saturated carbocycles. The first-order chi connectivity index (χ1) is 18.5. The van der Waals surface area contributed by atoms with E-state index in [1.807, 2.05) is 69.0 Å². The molecule has 38 heavy (non-hydrogen) atoms. The van der Waals surface area contributed by atoms with E-state index in [4.69, 9.17) is 9.84 Å². The van der Waals surface area contributed by atoms with Gasteiger partial charge in [-0.2, -0.15) is 0 Å². The first-order valence-corrected chi connectivity index (χ1v) is 13.2. The average molecular weight is 514 g/mol. The summed E-state index contributed by atoms with van der Waals surface area (Å²) in [5, 5.41) is 9.74. The molecule has 0 unspecified atom stereocenters. The largest absolute Gasteiger partial charge is 0.475 e. The number of para-hydroxylation sites is 1. The van der Waals surface area contributed by atoms with E-state index >= 15 is 0 Å². The average Bonchev–Trinajstić information content (AvgIpc) is 2.94. The summed E-state index contributed by atoms with van der Waals surface area (Å²) in [5.41, 5.74) is 5.09. The zero-order valence-corrected chi connectivity index (χ0v) is 22.1. The number of hydrogen-bond acceptors (Lipinski definition) is 7. The molecule has 0 spiro atoms. The van der Waals surface area contributed by atoms with Gasteiger partial charge >= 0.3 is 0 Å². The fourth-order valence-electron chi connectivity index (χ4n) is 5.37. The number of piperidine rings is 1. The van der Waals surface area contributed by atoms with E-state index in [2.05, 4.69) is 36.5 Å². The monoisotopic (exact) mass is 513 g/mol. The van der Waals surface area contributed by atoms with Crippen molar-refractivity contribution in [3.63, 3.8) is 0 Å². The van der Waals surface area contributed by atoms with E-state index in [1.54, 1.807) is 0 Å². The Morgan fingerprint density at radius 3 is 2.79 bits per heavy atom. The van der Waals surface area contributed by atoms with Crippen LogP contribution in [0.25, 0.3) is 10.9 Å². The van der Waals surface area contributed by atoms with Gasteiger partial charge in [-0.1, -0.05) is 12.1 Å². The van der Waals surface area contributed by atoms with Gasteiger partial charge in [-0.3, -0.25) is 14.7 Å². The number of aromatic nitrogens is 3. The lowest BCUT2D eigenvalue weighted by molar-refractivity contribution is 0.158. The topological polar surface area (TPSA) is 83.7 Å². The summed E-state index contributed by atoms with van der Waals surface area (Å²) in [6.07, 6.45) is 7.79. The van der Waals surface area contributed by atoms with Gasteiger partial charge < -0.3 is 19.3 Å². The van der Waals surface area contributed by atoms with Crippen LogP contribution in [0, 0.1) is 6.92 Å². The Bertz CT molecular complexity index is 1440. The highest BCUT2D eigenvalue weighted by Crippen LogP contribution is 2.26. The van der Waals surface area contributed by atoms with E-state index in [1.165, 1.54) is 5.56 Å². The van der Waals surface area contributed by atoms with Gasteiger partial charge in [-0.25, -0.2) is 4.98 Å². The van der Waals surface area contributed by atoms with Crippen molar-refractivity contribution in [2.24, 2.45) is 7.05 Å². The summed E-state index contributed by atoms with van der Waals surface area (Å²) in [4.78, 5) is 27.1. The molecule has 8 nitrogen and oxygen atoms in total. The lowest BCUT2D eigenvalue weighted by atomic mass is 10.0. The van der Waals surface area contributed by atoms with Crippen LogP contribution in [-0.4, -0.2) is 56.9 Å². The zero-order valence-electron chi connectivity index (χ0n) is 22.1. The van der Waals surface area contributed by atoms with Crippen LogP contribution in [0.5, 0.6) is 5.88 Å². The van der Waals surface area contributed by atoms with Crippen molar-refractivity contribution in [3.05, 3.63) is 94.2 Å². The van der Waals surface area contributed by atoms with Gasteiger partial charge in [0.1, 0.15) is 6.61 Å². The summed E-state index contributed by atoms with van der Waals surface area (Å²) in [6.45, 7) is 5.31. The minimum absolute atomic E-state index is 0.0373. The molecule has 0 aliphatic carbocycles. The highest BCUT2D eigenvalue weighted by atomic mass is 16.5. The van der Waals surface area contributed by atoms with Crippen LogP contribution in [0.15, 0.2) is 71.9 Å². The maximum atomic E-state index is 13.5. The third kappa shape index (κ3) is 5.87. The molecule has 1 saturated heterocycles. The standard InChI is InChI=1S/C30H35N5O3/c1-22-16-23(11-12-31-22)18-35(20-24-19-33(2)28-8-4-3-7-27(28)30(24)37)26-6-5-13-34(21-26)25-9-10-29(32-17-25)38-15-14-36/h3-4,7-12,16-17,19,26,36H,5-6,13-15,18,20-21H2,1-2H3/t26-/m0/s1. The maximum Gasteiger partial charge on any atom is 0.213 e. The highest BCUT2D eigenvalue weighted by molar-refractivity contribution is 5.79. The second kappa shape index (κ2) is 11.8. The van der Waals surface area contributed by atoms with Gasteiger partial charge in [-0.15, -0.1) is 0 Å². The number of benzene rings is 1. The lowest BCUT2D eigenvalue weighted by Gasteiger charge is -2.40. The molecule has 0 radical (unpaired) electrons. The number of aliphatic hydroxyl groups is 1. The molecule has 1 atom stereocenters. The van der Waals surface area contributed by atoms with Crippen molar-refractivity contribution < 1.29 is 9.84 Å². The van der Waals surface area contributed by atoms with Crippen molar-refractivity contribution >= 4 is 16.6 Å². The van der Waals surface area contributed by atoms with Crippen LogP contribution < -0.4 is 15.1 Å². The number of anilines is 1. The van der Waals surface area contributed by atoms with Crippen LogP contribution >= 0.6 is 0 Å². The number of nitrogens with zero attached hydrogens (tertiary/aromatic N) is 5. The molecule has 1 N–H and O–H groups in total. The molecule has 4 heterocycles. The first kappa shape index (κ1) is 25.9. The molecule has 8 heteroatoms. The Morgan fingerprint density at radius 1 is 1.13 bits per heavy atom. The molecule has 5 rings (SSSR count). The lowest BCUT2D eigenvalue weighted by Crippen LogP contribution is -2.48. The Balaban J connectivity index is 1.42. The first-order valence-electron chi connectivity index (χ1n) is 13.2. The summed E-state index contributed by atoms with van der Waals surface area (Å²) in [6, 6.07) is 16.1. The van der Waals surface area contributed by atoms with Gasteiger partial charge in [-0.05, 0) is 55.7 Å². The Hall–Kier alpha value is -3.75. The third-order valence-electron chi connectivity index (χ3n) is 7.23. The SMILES string of the molecule is Cc1cc(CN(Cc2cn(C)c3ccccc3c2=O)[C@H]2CCCN(c3ccc(OCCO)nc3)C2)ccn1. The molecule has 0 amide bonds. The van der Waals surface area contributed by atoms with E-state index in [0.717, 1.165) is 60.3 Å². The summed E-state index contributed by atoms with van der Waals surface area (Å²) in [5.74, 6) is 0.512. The Kier molecular flexibility index (Phi) is 8.00. The molecule has 0 bridgehead atoms. The number of aliphatic hydroxyl groups excluding tert-OH is 1. The Labute approximate surface area is 223 Å². The molecule has 198 valence electrons. The van der Waals surface area contributed by atoms with Crippen LogP contribution in [0.2, 0.25) is 0 Å². The number of hydrogen-bond donors (Lipinski definition) is 1. The second-order valence-electron chi connectivity index (χ2n) is 9.99. The molecular formula is C30H35N5O3. The van der Waals surface area contributed by atoms with Crippen molar-refractivity contribution in [3.8, 4) is 5.88 Å². The second-order valence-corrected chi connectivity index (χ2v) is 9.99. The van der Waals surface area contributed by atoms with Gasteiger partial charge in [0, 0.05) is 74.4 Å². The fraction of sp³-hybridized carbons (Fsp3) is 0.367. The van der Waals surface area contributed by atoms with Crippen LogP contribution in [0.1, 0.15) is 29.7 Å². The quantitative estimate of drug-likeness (QED) is 0.366. The number of aryl methyl sites for hydroxylation is 2. The fourth-order valence-corrected chi connectivity index (χ4v) is 5.37. The predicted octanol–water partition coefficient (Wildman–Crippen LogP) is 3.68. The smallest absolute Gasteiger partial charge is 0.213 e. The highest BCUT2D eigenvalue weighted by Gasteiger charge is 2.27. The molecule has 1 aromatic carbocycles. The molecular weight excluding hydrogens is 478 g/mol. The predicted molar refractivity (Wildman–Crippen MR) is 149 cm³/mol. The van der Waals surface area contributed by atoms with Gasteiger partial charge in [0.25, 0.3) is 0 Å². The van der Waals surface area contributed by atoms with E-state index in [-0.39, 0.29) is 24.7 Å². The van der Waals surface area contributed by atoms with E-state index in [9.17, 15) is 4.79 Å².